The Labute approximate surface area is 575 Å². The van der Waals surface area contributed by atoms with Crippen LogP contribution < -0.4 is 24.7 Å². The first-order chi connectivity index (χ1) is 38.3. The van der Waals surface area contributed by atoms with Gasteiger partial charge in [-0.25, -0.2) is 0 Å². The van der Waals surface area contributed by atoms with Gasteiger partial charge in [-0.3, -0.25) is 29.2 Å². The van der Waals surface area contributed by atoms with Crippen LogP contribution in [0.25, 0.3) is 0 Å². The van der Waals surface area contributed by atoms with E-state index in [0.717, 1.165) is 55.6 Å². The fraction of sp³-hybridized carbons (Fsp3) is 0.525. The Bertz CT molecular complexity index is 3260. The van der Waals surface area contributed by atoms with Crippen molar-refractivity contribution < 1.29 is 166 Å². The maximum absolute atomic E-state index is 12.9. The van der Waals surface area contributed by atoms with E-state index >= 15 is 0 Å². The van der Waals surface area contributed by atoms with Gasteiger partial charge in [-0.15, -0.1) is 11.8 Å². The number of rotatable bonds is 0. The second kappa shape index (κ2) is 23.6. The fourth-order valence-electron chi connectivity index (χ4n) is 15.2. The number of nitrogens with zero attached hydrogens (tertiary/aromatic N) is 6. The molecule has 2 radical (unpaired) electrons. The predicted octanol–water partition coefficient (Wildman–Crippen LogP) is 6.58. The van der Waals surface area contributed by atoms with E-state index in [2.05, 4.69) is 43.9 Å². The number of cyclic esters (lactones) is 2. The predicted molar refractivity (Wildman–Crippen MR) is 294 cm³/mol. The number of hydrogen-bond acceptors (Lipinski definition) is 21. The van der Waals surface area contributed by atoms with E-state index in [1.54, 1.807) is 18.7 Å². The molecule has 14 rings (SSSR count). The Morgan fingerprint density at radius 1 is 0.566 bits per heavy atom. The molecule has 10 aliphatic heterocycles. The molecule has 10 heterocycles. The number of carbonyl (C=O) groups is 2. The SMILES string of the molecule is Cc1cc2c(c(O)c1C)[C@@H]1C3[C@@H]4SC[C@@H](C)C(=O)OC[C@@H](c5c6c(c(C)c(O)c54)OCO6)N3[C@@H](C#N)[C@H](C2)N1C.Cc1cc2c(c(O)c1C)[C@@H]1C3[C@@H]4SC[C@@H](N)C(=O)OC[C@@H](c5c6c(c(C)c(O)c54)OCO6)N3[C@@H](C#N)[C@H](C2)N1C.[Ac].[Ac].[Zn]. The molecular formula is C59H65Ac2N7O12S2Zn. The van der Waals surface area contributed by atoms with Gasteiger partial charge in [0.1, 0.15) is 54.3 Å². The molecular weight excluding hydrogens is 1580 g/mol. The Balaban J connectivity index is 0.000000179. The molecule has 0 aliphatic carbocycles. The topological polar surface area (TPSA) is 257 Å². The second-order valence-corrected chi connectivity index (χ2v) is 25.7. The molecule has 4 aromatic carbocycles. The molecule has 14 atom stereocenters. The minimum absolute atomic E-state index is 0. The summed E-state index contributed by atoms with van der Waals surface area (Å²) in [4.78, 5) is 34.6. The molecule has 0 saturated carbocycles. The van der Waals surface area contributed by atoms with E-state index in [0.29, 0.717) is 69.6 Å². The summed E-state index contributed by atoms with van der Waals surface area (Å²) in [7, 11) is 4.06. The Hall–Kier alpha value is -2.79. The van der Waals surface area contributed by atoms with Gasteiger partial charge < -0.3 is 54.6 Å². The molecule has 83 heavy (non-hydrogen) atoms. The molecule has 2 unspecified atom stereocenters. The van der Waals surface area contributed by atoms with Crippen LogP contribution in [0.2, 0.25) is 0 Å². The van der Waals surface area contributed by atoms with Gasteiger partial charge in [-0.05, 0) is 102 Å². The van der Waals surface area contributed by atoms with Crippen LogP contribution in [0.5, 0.6) is 46.0 Å². The Morgan fingerprint density at radius 2 is 0.952 bits per heavy atom. The third-order valence-electron chi connectivity index (χ3n) is 19.4. The van der Waals surface area contributed by atoms with Crippen molar-refractivity contribution in [3.05, 3.63) is 90.0 Å². The maximum Gasteiger partial charge on any atom is 0.323 e. The number of thioether (sulfide) groups is 2. The number of nitriles is 2. The molecule has 0 spiro atoms. The van der Waals surface area contributed by atoms with E-state index in [4.69, 9.17) is 34.2 Å². The van der Waals surface area contributed by atoms with Crippen molar-refractivity contribution in [1.82, 2.24) is 19.6 Å². The smallest absolute Gasteiger partial charge is 0.323 e. The van der Waals surface area contributed by atoms with Crippen LogP contribution in [0, 0.1) is 158 Å². The molecule has 4 saturated heterocycles. The molecule has 4 aromatic rings. The first-order valence-corrected chi connectivity index (χ1v) is 29.4. The van der Waals surface area contributed by atoms with Gasteiger partial charge in [0.2, 0.25) is 13.6 Å². The number of ether oxygens (including phenoxy) is 6. The van der Waals surface area contributed by atoms with Crippen molar-refractivity contribution in [2.45, 2.75) is 138 Å². The van der Waals surface area contributed by atoms with Crippen LogP contribution in [0.15, 0.2) is 12.1 Å². The summed E-state index contributed by atoms with van der Waals surface area (Å²) in [6.07, 6.45) is 1.21. The van der Waals surface area contributed by atoms with E-state index in [-0.39, 0.29) is 211 Å². The van der Waals surface area contributed by atoms with Crippen molar-refractivity contribution in [2.75, 3.05) is 52.4 Å². The summed E-state index contributed by atoms with van der Waals surface area (Å²) < 4.78 is 35.3. The van der Waals surface area contributed by atoms with Gasteiger partial charge in [0.15, 0.2) is 23.0 Å². The van der Waals surface area contributed by atoms with E-state index in [9.17, 15) is 40.5 Å². The minimum Gasteiger partial charge on any atom is -0.507 e. The average Bonchev–Trinajstić information content (AvgIpc) is 2.35. The Morgan fingerprint density at radius 3 is 1.37 bits per heavy atom. The zero-order valence-corrected chi connectivity index (χ0v) is 62.0. The first-order valence-electron chi connectivity index (χ1n) is 27.3. The normalized spacial score (nSPS) is 31.3. The van der Waals surface area contributed by atoms with Crippen LogP contribution >= 0.6 is 23.5 Å². The van der Waals surface area contributed by atoms with Crippen molar-refractivity contribution >= 4 is 35.5 Å². The number of benzene rings is 4. The van der Waals surface area contributed by atoms with E-state index in [1.165, 1.54) is 11.8 Å². The number of piperazine rings is 2. The van der Waals surface area contributed by atoms with Gasteiger partial charge in [-0.1, -0.05) is 19.1 Å². The monoisotopic (exact) mass is 1650 g/mol. The zero-order chi connectivity index (χ0) is 56.4. The van der Waals surface area contributed by atoms with E-state index < -0.39 is 41.4 Å². The van der Waals surface area contributed by atoms with Crippen molar-refractivity contribution in [3.8, 4) is 58.1 Å². The molecule has 0 amide bonds. The number of likely N-dealkylation sites (N-methyl/N-ethyl adjacent to an activating group) is 2. The van der Waals surface area contributed by atoms with Gasteiger partial charge in [0.25, 0.3) is 0 Å². The van der Waals surface area contributed by atoms with Crippen molar-refractivity contribution in [1.29, 1.82) is 10.5 Å². The number of fused-ring (bicyclic) bond motifs is 18. The standard InChI is InChI=1S/C30H33N3O6S.C29H32N4O6S.2Ac.Zn/c1-12-6-16-7-17-18(8-31)33-19-9-37-30(36)13(2)10-40-29(24(33)23(32(17)5)20(16)25(34)14(12)3)22-21(19)28-27(38-11-39-28)15(4)26(22)35;1-11-5-14-6-16-17(7-30)33-18-8-37-29(36)15(31)9-40-28(23(33)22(32(16)4)19(14)24(34)12(11)2)21-20(18)27-26(38-10-39-27)13(3)25(21)35;;;/h6,13,17-19,23-24,29,34-35H,7,9-11H2,1-5H3;5,15-18,22-23,28,34-35H,6,8-10,31H2,1-4H3;;;/t13-,17+,18+,19+,23-,24?,29-;15-,16+,17+,18+,22-,23?,28-;;;/m11.../s1. The van der Waals surface area contributed by atoms with Crippen LogP contribution in [-0.2, 0) is 51.4 Å². The quantitative estimate of drug-likeness (QED) is 0.0920. The fourth-order valence-corrected chi connectivity index (χ4v) is 18.2. The summed E-state index contributed by atoms with van der Waals surface area (Å²) in [5, 5.41) is 67.4. The molecule has 10 aliphatic rings. The van der Waals surface area contributed by atoms with Gasteiger partial charge in [-0.2, -0.15) is 22.3 Å². The Kier molecular flexibility index (Phi) is 18.0. The van der Waals surface area contributed by atoms with Crippen LogP contribution in [-0.4, -0.2) is 147 Å². The van der Waals surface area contributed by atoms with Gasteiger partial charge in [0, 0.05) is 188 Å². The molecule has 4 fully saturated rings. The third kappa shape index (κ3) is 9.31. The van der Waals surface area contributed by atoms with Crippen LogP contribution in [0.1, 0.15) is 119 Å². The summed E-state index contributed by atoms with van der Waals surface area (Å²) in [6, 6.07) is 4.95. The van der Waals surface area contributed by atoms with Crippen molar-refractivity contribution in [2.24, 2.45) is 11.7 Å². The second-order valence-electron chi connectivity index (χ2n) is 23.3. The molecule has 8 bridgehead atoms. The summed E-state index contributed by atoms with van der Waals surface area (Å²) >= 11 is 3.07. The number of phenols is 4. The summed E-state index contributed by atoms with van der Waals surface area (Å²) in [5.41, 5.74) is 17.9. The molecule has 24 heteroatoms. The van der Waals surface area contributed by atoms with Crippen molar-refractivity contribution in [3.63, 3.8) is 0 Å². The van der Waals surface area contributed by atoms with Gasteiger partial charge >= 0.3 is 11.9 Å². The molecule has 19 nitrogen and oxygen atoms in total. The maximum atomic E-state index is 12.9. The summed E-state index contributed by atoms with van der Waals surface area (Å²) in [6.45, 7) is 13.4. The van der Waals surface area contributed by atoms with E-state index in [1.807, 2.05) is 55.6 Å². The molecule has 6 N–H and O–H groups in total. The number of phenolic OH excluding ortho intramolecular Hbond substituents is 4. The van der Waals surface area contributed by atoms with Gasteiger partial charge in [0.05, 0.1) is 52.7 Å². The number of carbonyl (C=O) groups excluding carboxylic acids is 2. The largest absolute Gasteiger partial charge is 0.507 e. The van der Waals surface area contributed by atoms with Crippen LogP contribution in [0.4, 0.5) is 0 Å². The number of hydrogen-bond donors (Lipinski definition) is 5. The van der Waals surface area contributed by atoms with Crippen LogP contribution in [0.3, 0.4) is 0 Å². The number of aromatic hydroxyl groups is 4. The molecule has 0 aromatic heterocycles. The molecule has 428 valence electrons. The summed E-state index contributed by atoms with van der Waals surface area (Å²) in [5.74, 6) is 2.50. The zero-order valence-electron chi connectivity index (χ0n) is 47.9. The number of nitrogens with two attached hydrogens (primary N) is 1. The number of aryl methyl sites for hydroxylation is 2. The minimum atomic E-state index is -0.837. The third-order valence-corrected chi connectivity index (χ3v) is 22.4. The first kappa shape index (κ1) is 63.2. The number of esters is 2. The average molecular weight is 1650 g/mol.